The maximum absolute atomic E-state index is 11.9. The summed E-state index contributed by atoms with van der Waals surface area (Å²) in [4.78, 5) is 15.6. The highest BCUT2D eigenvalue weighted by Crippen LogP contribution is 2.13. The lowest BCUT2D eigenvalue weighted by Gasteiger charge is -2.06. The molecule has 5 nitrogen and oxygen atoms in total. The van der Waals surface area contributed by atoms with E-state index in [1.54, 1.807) is 12.1 Å². The van der Waals surface area contributed by atoms with Gasteiger partial charge < -0.3 is 16.2 Å². The van der Waals surface area contributed by atoms with Gasteiger partial charge >= 0.3 is 0 Å². The predicted molar refractivity (Wildman–Crippen MR) is 68.2 cm³/mol. The average Bonchev–Trinajstić information content (AvgIpc) is 2.39. The first-order valence-electron chi connectivity index (χ1n) is 5.43. The third-order valence-electron chi connectivity index (χ3n) is 2.41. The first kappa shape index (κ1) is 12.1. The van der Waals surface area contributed by atoms with Crippen LogP contribution in [-0.2, 0) is 6.54 Å². The third kappa shape index (κ3) is 2.83. The van der Waals surface area contributed by atoms with E-state index in [1.807, 2.05) is 12.1 Å². The number of carbonyl (C=O) groups excluding carboxylic acids is 1. The van der Waals surface area contributed by atoms with Gasteiger partial charge in [0.25, 0.3) is 5.91 Å². The molecule has 5 heteroatoms. The normalized spacial score (nSPS) is 10.1. The zero-order chi connectivity index (χ0) is 13.0. The first-order valence-corrected chi connectivity index (χ1v) is 5.43. The average molecular weight is 243 g/mol. The van der Waals surface area contributed by atoms with Crippen molar-refractivity contribution in [1.82, 2.24) is 4.98 Å². The van der Waals surface area contributed by atoms with Gasteiger partial charge in [0.1, 0.15) is 5.75 Å². The van der Waals surface area contributed by atoms with Crippen molar-refractivity contribution in [2.45, 2.75) is 6.54 Å². The van der Waals surface area contributed by atoms with Crippen molar-refractivity contribution in [2.24, 2.45) is 5.73 Å². The van der Waals surface area contributed by atoms with E-state index in [0.717, 1.165) is 5.56 Å². The van der Waals surface area contributed by atoms with Gasteiger partial charge in [-0.2, -0.15) is 0 Å². The van der Waals surface area contributed by atoms with Gasteiger partial charge in [0.05, 0.1) is 11.8 Å². The van der Waals surface area contributed by atoms with Crippen LogP contribution in [0.25, 0.3) is 0 Å². The topological polar surface area (TPSA) is 88.2 Å². The quantitative estimate of drug-likeness (QED) is 0.762. The number of nitrogens with two attached hydrogens (primary N) is 1. The molecule has 0 saturated heterocycles. The minimum Gasteiger partial charge on any atom is -0.506 e. The summed E-state index contributed by atoms with van der Waals surface area (Å²) in [6.45, 7) is 0.414. The Hall–Kier alpha value is -2.40. The molecular weight excluding hydrogens is 230 g/mol. The number of aromatic hydroxyl groups is 1. The van der Waals surface area contributed by atoms with Gasteiger partial charge in [-0.15, -0.1) is 0 Å². The standard InChI is InChI=1S/C13H13N3O2/c14-6-9-2-1-3-11(4-9)16-13(18)10-5-12(17)8-15-7-10/h1-5,7-8,17H,6,14H2,(H,16,18). The molecule has 0 bridgehead atoms. The molecule has 0 aliphatic carbocycles. The maximum atomic E-state index is 11.9. The third-order valence-corrected chi connectivity index (χ3v) is 2.41. The molecule has 0 spiro atoms. The van der Waals surface area contributed by atoms with Crippen molar-refractivity contribution in [3.8, 4) is 5.75 Å². The van der Waals surface area contributed by atoms with Gasteiger partial charge in [0.2, 0.25) is 0 Å². The number of hydrogen-bond donors (Lipinski definition) is 3. The summed E-state index contributed by atoms with van der Waals surface area (Å²) in [5.74, 6) is -0.370. The lowest BCUT2D eigenvalue weighted by atomic mass is 10.2. The number of nitrogens with one attached hydrogen (secondary N) is 1. The van der Waals surface area contributed by atoms with Crippen LogP contribution in [-0.4, -0.2) is 16.0 Å². The highest BCUT2D eigenvalue weighted by Gasteiger charge is 2.07. The molecule has 1 heterocycles. The first-order chi connectivity index (χ1) is 8.69. The van der Waals surface area contributed by atoms with E-state index in [1.165, 1.54) is 18.5 Å². The summed E-state index contributed by atoms with van der Waals surface area (Å²) in [7, 11) is 0. The Morgan fingerprint density at radius 3 is 2.89 bits per heavy atom. The Kier molecular flexibility index (Phi) is 3.54. The fourth-order valence-electron chi connectivity index (χ4n) is 1.53. The largest absolute Gasteiger partial charge is 0.506 e. The highest BCUT2D eigenvalue weighted by atomic mass is 16.3. The molecule has 92 valence electrons. The Morgan fingerprint density at radius 2 is 2.17 bits per heavy atom. The smallest absolute Gasteiger partial charge is 0.257 e. The van der Waals surface area contributed by atoms with E-state index in [0.29, 0.717) is 17.8 Å². The number of aromatic nitrogens is 1. The van der Waals surface area contributed by atoms with Crippen LogP contribution >= 0.6 is 0 Å². The molecular formula is C13H13N3O2. The van der Waals surface area contributed by atoms with Gasteiger partial charge in [-0.25, -0.2) is 0 Å². The van der Waals surface area contributed by atoms with Crippen LogP contribution < -0.4 is 11.1 Å². The summed E-state index contributed by atoms with van der Waals surface area (Å²) in [5.41, 5.74) is 7.41. The Balaban J connectivity index is 2.16. The van der Waals surface area contributed by atoms with Crippen LogP contribution in [0.1, 0.15) is 15.9 Å². The van der Waals surface area contributed by atoms with Gasteiger partial charge in [-0.3, -0.25) is 9.78 Å². The lowest BCUT2D eigenvalue weighted by molar-refractivity contribution is 0.102. The number of nitrogens with zero attached hydrogens (tertiary/aromatic N) is 1. The molecule has 2 rings (SSSR count). The van der Waals surface area contributed by atoms with Crippen molar-refractivity contribution in [1.29, 1.82) is 0 Å². The minimum atomic E-state index is -0.326. The Bertz CT molecular complexity index is 570. The Labute approximate surface area is 104 Å². The lowest BCUT2D eigenvalue weighted by Crippen LogP contribution is -2.12. The maximum Gasteiger partial charge on any atom is 0.257 e. The number of anilines is 1. The zero-order valence-corrected chi connectivity index (χ0v) is 9.63. The SMILES string of the molecule is NCc1cccc(NC(=O)c2cncc(O)c2)c1. The number of rotatable bonds is 3. The van der Waals surface area contributed by atoms with E-state index in [4.69, 9.17) is 5.73 Å². The van der Waals surface area contributed by atoms with Crippen molar-refractivity contribution in [3.05, 3.63) is 53.9 Å². The molecule has 0 fully saturated rings. The summed E-state index contributed by atoms with van der Waals surface area (Å²) in [6.07, 6.45) is 2.66. The zero-order valence-electron chi connectivity index (χ0n) is 9.63. The molecule has 1 aromatic heterocycles. The van der Waals surface area contributed by atoms with Crippen LogP contribution in [0.5, 0.6) is 5.75 Å². The summed E-state index contributed by atoms with van der Waals surface area (Å²) >= 11 is 0. The molecule has 0 saturated carbocycles. The molecule has 18 heavy (non-hydrogen) atoms. The molecule has 0 atom stereocenters. The summed E-state index contributed by atoms with van der Waals surface area (Å²) in [6, 6.07) is 8.63. The predicted octanol–water partition coefficient (Wildman–Crippen LogP) is 1.50. The van der Waals surface area contributed by atoms with E-state index < -0.39 is 0 Å². The summed E-state index contributed by atoms with van der Waals surface area (Å²) in [5, 5.41) is 12.0. The van der Waals surface area contributed by atoms with Crippen LogP contribution in [0.2, 0.25) is 0 Å². The second-order valence-corrected chi connectivity index (χ2v) is 3.79. The number of benzene rings is 1. The molecule has 0 radical (unpaired) electrons. The molecule has 0 aliphatic rings. The monoisotopic (exact) mass is 243 g/mol. The fraction of sp³-hybridized carbons (Fsp3) is 0.0769. The number of carbonyl (C=O) groups is 1. The van der Waals surface area contributed by atoms with E-state index in [9.17, 15) is 9.90 Å². The Morgan fingerprint density at radius 1 is 1.33 bits per heavy atom. The van der Waals surface area contributed by atoms with Gasteiger partial charge in [0.15, 0.2) is 0 Å². The number of hydrogen-bond acceptors (Lipinski definition) is 4. The second kappa shape index (κ2) is 5.29. The fourth-order valence-corrected chi connectivity index (χ4v) is 1.53. The highest BCUT2D eigenvalue weighted by molar-refractivity contribution is 6.04. The van der Waals surface area contributed by atoms with Gasteiger partial charge in [-0.1, -0.05) is 12.1 Å². The van der Waals surface area contributed by atoms with Crippen molar-refractivity contribution < 1.29 is 9.90 Å². The molecule has 4 N–H and O–H groups in total. The molecule has 1 aromatic carbocycles. The van der Waals surface area contributed by atoms with Crippen molar-refractivity contribution in [3.63, 3.8) is 0 Å². The van der Waals surface area contributed by atoms with Crippen molar-refractivity contribution >= 4 is 11.6 Å². The van der Waals surface area contributed by atoms with E-state index in [-0.39, 0.29) is 11.7 Å². The minimum absolute atomic E-state index is 0.0432. The van der Waals surface area contributed by atoms with Crippen LogP contribution in [0.15, 0.2) is 42.7 Å². The molecule has 1 amide bonds. The van der Waals surface area contributed by atoms with Gasteiger partial charge in [-0.05, 0) is 23.8 Å². The van der Waals surface area contributed by atoms with Crippen LogP contribution in [0, 0.1) is 0 Å². The van der Waals surface area contributed by atoms with E-state index >= 15 is 0 Å². The molecule has 0 aliphatic heterocycles. The molecule has 2 aromatic rings. The van der Waals surface area contributed by atoms with Crippen LogP contribution in [0.3, 0.4) is 0 Å². The number of pyridine rings is 1. The van der Waals surface area contributed by atoms with Crippen molar-refractivity contribution in [2.75, 3.05) is 5.32 Å². The number of amides is 1. The van der Waals surface area contributed by atoms with Crippen LogP contribution in [0.4, 0.5) is 5.69 Å². The van der Waals surface area contributed by atoms with E-state index in [2.05, 4.69) is 10.3 Å². The second-order valence-electron chi connectivity index (χ2n) is 3.79. The molecule has 0 unspecified atom stereocenters. The summed E-state index contributed by atoms with van der Waals surface area (Å²) < 4.78 is 0. The van der Waals surface area contributed by atoms with Gasteiger partial charge in [0, 0.05) is 18.4 Å².